The molecule has 1 aromatic heterocycles. The number of aryl methyl sites for hydroxylation is 1. The second kappa shape index (κ2) is 9.60. The number of nitrogens with one attached hydrogen (secondary N) is 1. The summed E-state index contributed by atoms with van der Waals surface area (Å²) in [5, 5.41) is 7.34. The van der Waals surface area contributed by atoms with E-state index in [9.17, 15) is 4.79 Å². The van der Waals surface area contributed by atoms with Gasteiger partial charge in [0.05, 0.1) is 26.1 Å². The molecule has 3 aromatic rings. The first-order valence-corrected chi connectivity index (χ1v) is 9.25. The van der Waals surface area contributed by atoms with Crippen LogP contribution in [-0.2, 0) is 17.6 Å². The molecule has 2 aromatic carbocycles. The smallest absolute Gasteiger partial charge is 0.220 e. The summed E-state index contributed by atoms with van der Waals surface area (Å²) in [4.78, 5) is 12.1. The van der Waals surface area contributed by atoms with Crippen LogP contribution in [0.2, 0.25) is 0 Å². The third-order valence-corrected chi connectivity index (χ3v) is 4.44. The molecule has 6 nitrogen and oxygen atoms in total. The molecule has 0 saturated carbocycles. The van der Waals surface area contributed by atoms with Gasteiger partial charge in [0.25, 0.3) is 0 Å². The highest BCUT2D eigenvalue weighted by molar-refractivity contribution is 5.76. The molecule has 0 aliphatic rings. The molecule has 146 valence electrons. The molecule has 0 aliphatic heterocycles. The summed E-state index contributed by atoms with van der Waals surface area (Å²) in [7, 11) is 3.23. The van der Waals surface area contributed by atoms with E-state index in [-0.39, 0.29) is 5.91 Å². The number of para-hydroxylation sites is 1. The number of ether oxygens (including phenoxy) is 2. The number of aromatic nitrogens is 2. The number of methoxy groups -OCH3 is 2. The van der Waals surface area contributed by atoms with Crippen LogP contribution in [0.3, 0.4) is 0 Å². The summed E-state index contributed by atoms with van der Waals surface area (Å²) in [5.41, 5.74) is 3.11. The summed E-state index contributed by atoms with van der Waals surface area (Å²) >= 11 is 0. The molecule has 0 spiro atoms. The molecule has 6 heteroatoms. The molecule has 0 unspecified atom stereocenters. The molecule has 0 bridgehead atoms. The van der Waals surface area contributed by atoms with Crippen molar-refractivity contribution in [2.45, 2.75) is 19.3 Å². The fourth-order valence-corrected chi connectivity index (χ4v) is 2.91. The highest BCUT2D eigenvalue weighted by Gasteiger charge is 2.07. The average molecular weight is 379 g/mol. The van der Waals surface area contributed by atoms with E-state index >= 15 is 0 Å². The van der Waals surface area contributed by atoms with Crippen molar-refractivity contribution in [3.8, 4) is 17.2 Å². The first-order chi connectivity index (χ1) is 13.7. The van der Waals surface area contributed by atoms with Gasteiger partial charge >= 0.3 is 0 Å². The number of nitrogens with zero attached hydrogens (tertiary/aromatic N) is 2. The van der Waals surface area contributed by atoms with Crippen LogP contribution in [0, 0.1) is 0 Å². The first kappa shape index (κ1) is 19.5. The topological polar surface area (TPSA) is 65.4 Å². The number of amides is 1. The van der Waals surface area contributed by atoms with Crippen LogP contribution in [0.4, 0.5) is 0 Å². The zero-order valence-corrected chi connectivity index (χ0v) is 16.2. The van der Waals surface area contributed by atoms with E-state index in [2.05, 4.69) is 10.4 Å². The molecule has 1 N–H and O–H groups in total. The number of benzene rings is 2. The fourth-order valence-electron chi connectivity index (χ4n) is 2.91. The normalized spacial score (nSPS) is 10.5. The van der Waals surface area contributed by atoms with Gasteiger partial charge in [-0.3, -0.25) is 4.79 Å². The molecule has 0 saturated heterocycles. The Kier molecular flexibility index (Phi) is 6.68. The van der Waals surface area contributed by atoms with Crippen LogP contribution >= 0.6 is 0 Å². The van der Waals surface area contributed by atoms with Crippen molar-refractivity contribution in [2.75, 3.05) is 20.8 Å². The maximum atomic E-state index is 12.1. The van der Waals surface area contributed by atoms with Crippen LogP contribution in [0.25, 0.3) is 5.69 Å². The van der Waals surface area contributed by atoms with E-state index in [1.54, 1.807) is 14.2 Å². The molecule has 1 heterocycles. The summed E-state index contributed by atoms with van der Waals surface area (Å²) in [6.07, 6.45) is 5.61. The third kappa shape index (κ3) is 5.36. The Bertz CT molecular complexity index is 884. The second-order valence-electron chi connectivity index (χ2n) is 6.45. The summed E-state index contributed by atoms with van der Waals surface area (Å²) < 4.78 is 12.4. The molecule has 0 fully saturated rings. The van der Waals surface area contributed by atoms with Crippen LogP contribution in [0.15, 0.2) is 60.9 Å². The van der Waals surface area contributed by atoms with Gasteiger partial charge in [-0.25, -0.2) is 4.68 Å². The number of carbonyl (C=O) groups is 1. The SMILES string of the molecule is COc1cc(CCC(=O)NCCc2cnn(-c3ccccc3)c2)cc(OC)c1. The highest BCUT2D eigenvalue weighted by Crippen LogP contribution is 2.23. The summed E-state index contributed by atoms with van der Waals surface area (Å²) in [6, 6.07) is 15.6. The predicted molar refractivity (Wildman–Crippen MR) is 108 cm³/mol. The van der Waals surface area contributed by atoms with Gasteiger partial charge in [0.1, 0.15) is 11.5 Å². The first-order valence-electron chi connectivity index (χ1n) is 9.25. The van der Waals surface area contributed by atoms with Gasteiger partial charge in [-0.2, -0.15) is 5.10 Å². The van der Waals surface area contributed by atoms with E-state index < -0.39 is 0 Å². The zero-order chi connectivity index (χ0) is 19.8. The van der Waals surface area contributed by atoms with Crippen molar-refractivity contribution in [2.24, 2.45) is 0 Å². The number of rotatable bonds is 9. The summed E-state index contributed by atoms with van der Waals surface area (Å²) in [5.74, 6) is 1.48. The third-order valence-electron chi connectivity index (χ3n) is 4.44. The van der Waals surface area contributed by atoms with Crippen molar-refractivity contribution in [3.05, 3.63) is 72.1 Å². The molecular formula is C22H25N3O3. The van der Waals surface area contributed by atoms with Crippen molar-refractivity contribution < 1.29 is 14.3 Å². The van der Waals surface area contributed by atoms with Crippen LogP contribution in [-0.4, -0.2) is 36.5 Å². The second-order valence-corrected chi connectivity index (χ2v) is 6.45. The molecule has 0 radical (unpaired) electrons. The Morgan fingerprint density at radius 1 is 1.00 bits per heavy atom. The maximum Gasteiger partial charge on any atom is 0.220 e. The van der Waals surface area contributed by atoms with Crippen molar-refractivity contribution in [1.29, 1.82) is 0 Å². The van der Waals surface area contributed by atoms with Crippen LogP contribution in [0.1, 0.15) is 17.5 Å². The molecule has 0 atom stereocenters. The van der Waals surface area contributed by atoms with Gasteiger partial charge in [0.2, 0.25) is 5.91 Å². The van der Waals surface area contributed by atoms with E-state index in [1.807, 2.05) is 65.6 Å². The highest BCUT2D eigenvalue weighted by atomic mass is 16.5. The van der Waals surface area contributed by atoms with Gasteiger partial charge in [0.15, 0.2) is 0 Å². The summed E-state index contributed by atoms with van der Waals surface area (Å²) in [6.45, 7) is 0.584. The lowest BCUT2D eigenvalue weighted by Gasteiger charge is -2.09. The molecule has 3 rings (SSSR count). The zero-order valence-electron chi connectivity index (χ0n) is 16.2. The Labute approximate surface area is 165 Å². The lowest BCUT2D eigenvalue weighted by Crippen LogP contribution is -2.25. The minimum absolute atomic E-state index is 0.0252. The van der Waals surface area contributed by atoms with Gasteiger partial charge in [-0.1, -0.05) is 18.2 Å². The quantitative estimate of drug-likeness (QED) is 0.620. The standard InChI is InChI=1S/C22H25N3O3/c1-27-20-12-17(13-21(14-20)28-2)8-9-22(26)23-11-10-18-15-24-25(16-18)19-6-4-3-5-7-19/h3-7,12-16H,8-11H2,1-2H3,(H,23,26). The van der Waals surface area contributed by atoms with E-state index in [1.165, 1.54) is 0 Å². The van der Waals surface area contributed by atoms with E-state index in [0.29, 0.717) is 19.4 Å². The molecule has 1 amide bonds. The van der Waals surface area contributed by atoms with Gasteiger partial charge in [-0.15, -0.1) is 0 Å². The van der Waals surface area contributed by atoms with Crippen molar-refractivity contribution in [3.63, 3.8) is 0 Å². The number of hydrogen-bond acceptors (Lipinski definition) is 4. The van der Waals surface area contributed by atoms with E-state index in [4.69, 9.17) is 9.47 Å². The fraction of sp³-hybridized carbons (Fsp3) is 0.273. The minimum atomic E-state index is 0.0252. The van der Waals surface area contributed by atoms with Crippen molar-refractivity contribution >= 4 is 5.91 Å². The van der Waals surface area contributed by atoms with Crippen molar-refractivity contribution in [1.82, 2.24) is 15.1 Å². The number of carbonyl (C=O) groups excluding carboxylic acids is 1. The molecular weight excluding hydrogens is 354 g/mol. The Morgan fingerprint density at radius 3 is 2.39 bits per heavy atom. The Morgan fingerprint density at radius 2 is 1.71 bits per heavy atom. The largest absolute Gasteiger partial charge is 0.497 e. The predicted octanol–water partition coefficient (Wildman–Crippen LogP) is 3.18. The van der Waals surface area contributed by atoms with Gasteiger partial charge in [-0.05, 0) is 48.2 Å². The van der Waals surface area contributed by atoms with E-state index in [0.717, 1.165) is 34.7 Å². The van der Waals surface area contributed by atoms with Gasteiger partial charge in [0, 0.05) is 25.2 Å². The Balaban J connectivity index is 1.45. The molecule has 0 aliphatic carbocycles. The lowest BCUT2D eigenvalue weighted by atomic mass is 10.1. The Hall–Kier alpha value is -3.28. The average Bonchev–Trinajstić information content (AvgIpc) is 3.21. The number of hydrogen-bond donors (Lipinski definition) is 1. The van der Waals surface area contributed by atoms with Crippen LogP contribution in [0.5, 0.6) is 11.5 Å². The van der Waals surface area contributed by atoms with Gasteiger partial charge < -0.3 is 14.8 Å². The van der Waals surface area contributed by atoms with Crippen LogP contribution < -0.4 is 14.8 Å². The molecule has 28 heavy (non-hydrogen) atoms. The lowest BCUT2D eigenvalue weighted by molar-refractivity contribution is -0.121. The monoisotopic (exact) mass is 379 g/mol. The maximum absolute atomic E-state index is 12.1. The minimum Gasteiger partial charge on any atom is -0.497 e.